The Morgan fingerprint density at radius 1 is 1.30 bits per heavy atom. The molecule has 0 saturated carbocycles. The average Bonchev–Trinajstić information content (AvgIpc) is 2.82. The van der Waals surface area contributed by atoms with Crippen molar-refractivity contribution in [1.82, 2.24) is 9.78 Å². The highest BCUT2D eigenvalue weighted by atomic mass is 127. The van der Waals surface area contributed by atoms with Gasteiger partial charge >= 0.3 is 7.12 Å². The molecule has 1 aromatic heterocycles. The lowest BCUT2D eigenvalue weighted by Gasteiger charge is -2.32. The maximum absolute atomic E-state index is 6.01. The SMILES string of the molecule is CC(C)(Cn1cc(B2OC(C)(C)C(C)(C)O2)cn1)OI. The lowest BCUT2D eigenvalue weighted by atomic mass is 9.82. The van der Waals surface area contributed by atoms with Crippen molar-refractivity contribution >= 4 is 35.6 Å². The number of hydrogen-bond acceptors (Lipinski definition) is 4. The predicted octanol–water partition coefficient (Wildman–Crippen LogP) is 2.33. The van der Waals surface area contributed by atoms with Gasteiger partial charge in [0.05, 0.1) is 23.3 Å². The normalized spacial score (nSPS) is 21.4. The van der Waals surface area contributed by atoms with E-state index in [0.717, 1.165) is 5.46 Å². The van der Waals surface area contributed by atoms with Crippen molar-refractivity contribution in [1.29, 1.82) is 0 Å². The molecule has 0 radical (unpaired) electrons. The summed E-state index contributed by atoms with van der Waals surface area (Å²) in [5.74, 6) is 0. The van der Waals surface area contributed by atoms with Crippen molar-refractivity contribution in [3.05, 3.63) is 12.4 Å². The van der Waals surface area contributed by atoms with Crippen molar-refractivity contribution in [2.75, 3.05) is 0 Å². The summed E-state index contributed by atoms with van der Waals surface area (Å²) in [6.07, 6.45) is 3.75. The molecule has 20 heavy (non-hydrogen) atoms. The van der Waals surface area contributed by atoms with Crippen LogP contribution in [0.2, 0.25) is 0 Å². The minimum absolute atomic E-state index is 0.264. The van der Waals surface area contributed by atoms with Crippen molar-refractivity contribution in [3.8, 4) is 0 Å². The van der Waals surface area contributed by atoms with Gasteiger partial charge in [0.1, 0.15) is 23.0 Å². The Labute approximate surface area is 135 Å². The second-order valence-electron chi connectivity index (χ2n) is 6.90. The second-order valence-corrected chi connectivity index (χ2v) is 7.34. The van der Waals surface area contributed by atoms with Gasteiger partial charge in [-0.25, -0.2) is 0 Å². The molecule has 0 amide bonds. The van der Waals surface area contributed by atoms with E-state index in [9.17, 15) is 0 Å². The molecule has 7 heteroatoms. The van der Waals surface area contributed by atoms with Crippen molar-refractivity contribution in [2.24, 2.45) is 0 Å². The molecule has 0 aliphatic carbocycles. The lowest BCUT2D eigenvalue weighted by Crippen LogP contribution is -2.41. The minimum Gasteiger partial charge on any atom is -0.399 e. The van der Waals surface area contributed by atoms with Gasteiger partial charge < -0.3 is 12.4 Å². The highest BCUT2D eigenvalue weighted by Gasteiger charge is 2.52. The third-order valence-electron chi connectivity index (χ3n) is 3.93. The molecule has 0 bridgehead atoms. The first-order valence-corrected chi connectivity index (χ1v) is 7.62. The van der Waals surface area contributed by atoms with Crippen molar-refractivity contribution < 1.29 is 12.4 Å². The Hall–Kier alpha value is -0.115. The Morgan fingerprint density at radius 2 is 1.85 bits per heavy atom. The van der Waals surface area contributed by atoms with Gasteiger partial charge in [-0.2, -0.15) is 5.10 Å². The van der Waals surface area contributed by atoms with Gasteiger partial charge in [0.25, 0.3) is 0 Å². The molecule has 5 nitrogen and oxygen atoms in total. The van der Waals surface area contributed by atoms with Crippen LogP contribution in [-0.4, -0.2) is 33.7 Å². The molecule has 1 fully saturated rings. The number of nitrogens with zero attached hydrogens (tertiary/aromatic N) is 2. The Morgan fingerprint density at radius 3 is 2.35 bits per heavy atom. The molecule has 0 spiro atoms. The summed E-state index contributed by atoms with van der Waals surface area (Å²) in [5.41, 5.74) is 0.0158. The van der Waals surface area contributed by atoms with Crippen LogP contribution in [0.4, 0.5) is 0 Å². The number of hydrogen-bond donors (Lipinski definition) is 0. The van der Waals surface area contributed by atoms with Gasteiger partial charge in [0.15, 0.2) is 0 Å². The van der Waals surface area contributed by atoms with Gasteiger partial charge in [-0.1, -0.05) is 0 Å². The van der Waals surface area contributed by atoms with Crippen LogP contribution < -0.4 is 5.46 Å². The minimum atomic E-state index is -0.364. The molecule has 0 atom stereocenters. The third kappa shape index (κ3) is 3.21. The van der Waals surface area contributed by atoms with E-state index in [4.69, 9.17) is 12.4 Å². The van der Waals surface area contributed by atoms with Crippen molar-refractivity contribution in [3.63, 3.8) is 0 Å². The molecule has 112 valence electrons. The highest BCUT2D eigenvalue weighted by Crippen LogP contribution is 2.36. The third-order valence-corrected chi connectivity index (χ3v) is 5.12. The van der Waals surface area contributed by atoms with Gasteiger partial charge in [-0.15, -0.1) is 0 Å². The zero-order valence-electron chi connectivity index (χ0n) is 12.9. The van der Waals surface area contributed by atoms with E-state index < -0.39 is 0 Å². The zero-order chi connectivity index (χ0) is 15.2. The van der Waals surface area contributed by atoms with Gasteiger partial charge in [0.2, 0.25) is 0 Å². The number of aromatic nitrogens is 2. The standard InChI is InChI=1S/C13H22BIN2O3/c1-11(2,20-15)9-17-8-10(7-16-17)14-18-12(3,4)13(5,6)19-14/h7-8H,9H2,1-6H3. The predicted molar refractivity (Wildman–Crippen MR) is 87.1 cm³/mol. The van der Waals surface area contributed by atoms with Crippen LogP contribution in [0.25, 0.3) is 0 Å². The second kappa shape index (κ2) is 5.26. The monoisotopic (exact) mass is 392 g/mol. The van der Waals surface area contributed by atoms with E-state index in [0.29, 0.717) is 6.54 Å². The van der Waals surface area contributed by atoms with Crippen LogP contribution in [0.3, 0.4) is 0 Å². The maximum atomic E-state index is 6.01. The van der Waals surface area contributed by atoms with E-state index in [-0.39, 0.29) is 23.9 Å². The Kier molecular flexibility index (Phi) is 4.28. The summed E-state index contributed by atoms with van der Waals surface area (Å²) in [4.78, 5) is 0. The quantitative estimate of drug-likeness (QED) is 0.583. The lowest BCUT2D eigenvalue weighted by molar-refractivity contribution is 0.00578. The van der Waals surface area contributed by atoms with E-state index in [1.54, 1.807) is 6.20 Å². The summed E-state index contributed by atoms with van der Waals surface area (Å²) in [7, 11) is -0.364. The molecule has 1 aromatic rings. The van der Waals surface area contributed by atoms with Crippen LogP contribution in [0.15, 0.2) is 12.4 Å². The molecular weight excluding hydrogens is 370 g/mol. The number of halogens is 1. The highest BCUT2D eigenvalue weighted by molar-refractivity contribution is 14.1. The van der Waals surface area contributed by atoms with E-state index >= 15 is 0 Å². The molecule has 1 aliphatic heterocycles. The fraction of sp³-hybridized carbons (Fsp3) is 0.769. The number of rotatable bonds is 4. The van der Waals surface area contributed by atoms with Crippen LogP contribution >= 0.6 is 23.0 Å². The first-order chi connectivity index (χ1) is 9.06. The Balaban J connectivity index is 2.11. The molecule has 2 rings (SSSR count). The fourth-order valence-corrected chi connectivity index (χ4v) is 2.12. The summed E-state index contributed by atoms with van der Waals surface area (Å²) >= 11 is 1.92. The molecule has 0 N–H and O–H groups in total. The fourth-order valence-electron chi connectivity index (χ4n) is 1.98. The summed E-state index contributed by atoms with van der Waals surface area (Å²) < 4.78 is 19.3. The molecule has 0 unspecified atom stereocenters. The van der Waals surface area contributed by atoms with Crippen LogP contribution in [0, 0.1) is 0 Å². The van der Waals surface area contributed by atoms with E-state index in [1.165, 1.54) is 0 Å². The Bertz CT molecular complexity index is 472. The topological polar surface area (TPSA) is 45.5 Å². The van der Waals surface area contributed by atoms with Crippen LogP contribution in [0.5, 0.6) is 0 Å². The van der Waals surface area contributed by atoms with Gasteiger partial charge in [-0.05, 0) is 41.5 Å². The zero-order valence-corrected chi connectivity index (χ0v) is 15.1. The molecule has 2 heterocycles. The molecule has 1 aliphatic rings. The average molecular weight is 392 g/mol. The van der Waals surface area contributed by atoms with Crippen LogP contribution in [0.1, 0.15) is 41.5 Å². The smallest absolute Gasteiger partial charge is 0.399 e. The summed E-state index contributed by atoms with van der Waals surface area (Å²) in [6.45, 7) is 12.9. The molecular formula is C13H22BIN2O3. The van der Waals surface area contributed by atoms with Crippen molar-refractivity contribution in [2.45, 2.75) is 64.9 Å². The molecule has 1 saturated heterocycles. The largest absolute Gasteiger partial charge is 0.498 e. The van der Waals surface area contributed by atoms with E-state index in [2.05, 4.69) is 5.10 Å². The first kappa shape index (κ1) is 16.3. The van der Waals surface area contributed by atoms with E-state index in [1.807, 2.05) is 75.4 Å². The maximum Gasteiger partial charge on any atom is 0.498 e. The van der Waals surface area contributed by atoms with Gasteiger partial charge in [0, 0.05) is 17.9 Å². The van der Waals surface area contributed by atoms with Crippen LogP contribution in [-0.2, 0) is 18.9 Å². The summed E-state index contributed by atoms with van der Waals surface area (Å²) in [6, 6.07) is 0. The van der Waals surface area contributed by atoms with Gasteiger partial charge in [-0.3, -0.25) is 4.68 Å². The first-order valence-electron chi connectivity index (χ1n) is 6.74. The summed E-state index contributed by atoms with van der Waals surface area (Å²) in [5, 5.41) is 4.36. The molecule has 0 aromatic carbocycles.